The van der Waals surface area contributed by atoms with Gasteiger partial charge < -0.3 is 9.47 Å². The Hall–Kier alpha value is -1.27. The molecule has 6 heteroatoms. The molecule has 0 N–H and O–H groups in total. The maximum atomic E-state index is 11.5. The van der Waals surface area contributed by atoms with Crippen LogP contribution in [0.1, 0.15) is 26.2 Å². The standard InChI is InChI=1S/C17H27NO4S/c1-14(13-23(3,19)20)18(15-5-6-15)11-4-12-22-17-9-7-16(21-2)8-10-17/h7-10,14-15H,4-6,11-13H2,1-3H3/t14-/m1/s1. The lowest BCUT2D eigenvalue weighted by Crippen LogP contribution is -2.40. The van der Waals surface area contributed by atoms with Gasteiger partial charge in [0.05, 0.1) is 19.5 Å². The fourth-order valence-corrected chi connectivity index (χ4v) is 3.88. The van der Waals surface area contributed by atoms with Gasteiger partial charge in [0.15, 0.2) is 0 Å². The highest BCUT2D eigenvalue weighted by Gasteiger charge is 2.32. The Balaban J connectivity index is 1.75. The van der Waals surface area contributed by atoms with Gasteiger partial charge in [-0.2, -0.15) is 0 Å². The zero-order chi connectivity index (χ0) is 16.9. The van der Waals surface area contributed by atoms with Crippen LogP contribution < -0.4 is 9.47 Å². The second-order valence-corrected chi connectivity index (χ2v) is 8.47. The molecule has 1 aromatic carbocycles. The highest BCUT2D eigenvalue weighted by molar-refractivity contribution is 7.90. The van der Waals surface area contributed by atoms with Crippen molar-refractivity contribution >= 4 is 9.84 Å². The number of ether oxygens (including phenoxy) is 2. The molecule has 130 valence electrons. The van der Waals surface area contributed by atoms with Gasteiger partial charge in [0.2, 0.25) is 0 Å². The maximum absolute atomic E-state index is 11.5. The number of methoxy groups -OCH3 is 1. The Labute approximate surface area is 139 Å². The predicted molar refractivity (Wildman–Crippen MR) is 92.0 cm³/mol. The molecule has 0 aliphatic heterocycles. The molecule has 0 spiro atoms. The van der Waals surface area contributed by atoms with Crippen molar-refractivity contribution in [3.8, 4) is 11.5 Å². The van der Waals surface area contributed by atoms with E-state index >= 15 is 0 Å². The molecular formula is C17H27NO4S. The molecule has 0 bridgehead atoms. The van der Waals surface area contributed by atoms with Crippen molar-refractivity contribution in [1.29, 1.82) is 0 Å². The summed E-state index contributed by atoms with van der Waals surface area (Å²) in [6.45, 7) is 3.50. The minimum Gasteiger partial charge on any atom is -0.497 e. The van der Waals surface area contributed by atoms with Crippen LogP contribution in [0.3, 0.4) is 0 Å². The van der Waals surface area contributed by atoms with E-state index in [0.717, 1.165) is 24.5 Å². The van der Waals surface area contributed by atoms with Crippen LogP contribution in [0.2, 0.25) is 0 Å². The van der Waals surface area contributed by atoms with Gasteiger partial charge in [0.25, 0.3) is 0 Å². The molecule has 1 atom stereocenters. The minimum absolute atomic E-state index is 0.0680. The molecule has 1 saturated carbocycles. The minimum atomic E-state index is -2.94. The van der Waals surface area contributed by atoms with E-state index in [1.807, 2.05) is 31.2 Å². The van der Waals surface area contributed by atoms with E-state index in [1.165, 1.54) is 19.1 Å². The van der Waals surface area contributed by atoms with Gasteiger partial charge in [-0.15, -0.1) is 0 Å². The summed E-state index contributed by atoms with van der Waals surface area (Å²) in [7, 11) is -1.30. The van der Waals surface area contributed by atoms with Crippen LogP contribution in [0.5, 0.6) is 11.5 Å². The van der Waals surface area contributed by atoms with Crippen LogP contribution in [-0.2, 0) is 9.84 Å². The zero-order valence-electron chi connectivity index (χ0n) is 14.2. The molecule has 0 heterocycles. The summed E-state index contributed by atoms with van der Waals surface area (Å²) in [6.07, 6.45) is 4.54. The third kappa shape index (κ3) is 6.39. The first kappa shape index (κ1) is 18.1. The summed E-state index contributed by atoms with van der Waals surface area (Å²) in [5, 5.41) is 0. The first-order chi connectivity index (χ1) is 10.9. The quantitative estimate of drug-likeness (QED) is 0.612. The molecule has 0 saturated heterocycles. The average Bonchev–Trinajstić information content (AvgIpc) is 3.30. The van der Waals surface area contributed by atoms with Crippen LogP contribution in [-0.4, -0.2) is 57.7 Å². The summed E-state index contributed by atoms with van der Waals surface area (Å²) in [4.78, 5) is 2.32. The first-order valence-corrected chi connectivity index (χ1v) is 10.2. The Morgan fingerprint density at radius 2 is 1.83 bits per heavy atom. The third-order valence-electron chi connectivity index (χ3n) is 4.01. The fraction of sp³-hybridized carbons (Fsp3) is 0.647. The smallest absolute Gasteiger partial charge is 0.148 e. The summed E-state index contributed by atoms with van der Waals surface area (Å²) in [5.41, 5.74) is 0. The number of nitrogens with zero attached hydrogens (tertiary/aromatic N) is 1. The highest BCUT2D eigenvalue weighted by Crippen LogP contribution is 2.29. The van der Waals surface area contributed by atoms with E-state index in [0.29, 0.717) is 12.6 Å². The van der Waals surface area contributed by atoms with Gasteiger partial charge in [-0.25, -0.2) is 8.42 Å². The molecule has 1 aliphatic carbocycles. The van der Waals surface area contributed by atoms with Crippen molar-refractivity contribution in [2.24, 2.45) is 0 Å². The number of sulfone groups is 1. The SMILES string of the molecule is COc1ccc(OCCCN(C2CC2)[C@H](C)CS(C)(=O)=O)cc1. The van der Waals surface area contributed by atoms with Crippen molar-refractivity contribution in [2.45, 2.75) is 38.3 Å². The number of benzene rings is 1. The largest absolute Gasteiger partial charge is 0.497 e. The van der Waals surface area contributed by atoms with Gasteiger partial charge in [0, 0.05) is 24.9 Å². The van der Waals surface area contributed by atoms with Crippen LogP contribution in [0.25, 0.3) is 0 Å². The van der Waals surface area contributed by atoms with Gasteiger partial charge >= 0.3 is 0 Å². The van der Waals surface area contributed by atoms with Crippen molar-refractivity contribution < 1.29 is 17.9 Å². The van der Waals surface area contributed by atoms with E-state index in [-0.39, 0.29) is 11.8 Å². The predicted octanol–water partition coefficient (Wildman–Crippen LogP) is 2.36. The molecule has 1 fully saturated rings. The second kappa shape index (κ2) is 8.02. The Kier molecular flexibility index (Phi) is 6.30. The number of rotatable bonds is 10. The van der Waals surface area contributed by atoms with Gasteiger partial charge in [0.1, 0.15) is 21.3 Å². The highest BCUT2D eigenvalue weighted by atomic mass is 32.2. The lowest BCUT2D eigenvalue weighted by Gasteiger charge is -2.28. The van der Waals surface area contributed by atoms with Crippen molar-refractivity contribution in [1.82, 2.24) is 4.90 Å². The number of hydrogen-bond acceptors (Lipinski definition) is 5. The van der Waals surface area contributed by atoms with Gasteiger partial charge in [-0.1, -0.05) is 0 Å². The Bertz CT molecular complexity index is 581. The summed E-state index contributed by atoms with van der Waals surface area (Å²) < 4.78 is 33.8. The van der Waals surface area contributed by atoms with Gasteiger partial charge in [-0.05, 0) is 50.5 Å². The Morgan fingerprint density at radius 1 is 1.22 bits per heavy atom. The molecule has 5 nitrogen and oxygen atoms in total. The maximum Gasteiger partial charge on any atom is 0.148 e. The lowest BCUT2D eigenvalue weighted by molar-refractivity contribution is 0.191. The monoisotopic (exact) mass is 341 g/mol. The molecule has 0 radical (unpaired) electrons. The van der Waals surface area contributed by atoms with E-state index in [1.54, 1.807) is 7.11 Å². The van der Waals surface area contributed by atoms with Crippen molar-refractivity contribution in [3.05, 3.63) is 24.3 Å². The number of hydrogen-bond donors (Lipinski definition) is 0. The molecule has 0 aromatic heterocycles. The van der Waals surface area contributed by atoms with E-state index in [4.69, 9.17) is 9.47 Å². The first-order valence-electron chi connectivity index (χ1n) is 8.09. The lowest BCUT2D eigenvalue weighted by atomic mass is 10.2. The fourth-order valence-electron chi connectivity index (χ4n) is 2.81. The molecule has 2 rings (SSSR count). The molecular weight excluding hydrogens is 314 g/mol. The Morgan fingerprint density at radius 3 is 2.35 bits per heavy atom. The van der Waals surface area contributed by atoms with Gasteiger partial charge in [-0.3, -0.25) is 4.90 Å². The average molecular weight is 341 g/mol. The third-order valence-corrected chi connectivity index (χ3v) is 5.10. The van der Waals surface area contributed by atoms with E-state index in [2.05, 4.69) is 4.90 Å². The molecule has 0 amide bonds. The zero-order valence-corrected chi connectivity index (χ0v) is 15.0. The molecule has 1 aromatic rings. The van der Waals surface area contributed by atoms with Crippen LogP contribution >= 0.6 is 0 Å². The molecule has 0 unspecified atom stereocenters. The topological polar surface area (TPSA) is 55.8 Å². The van der Waals surface area contributed by atoms with Crippen molar-refractivity contribution in [2.75, 3.05) is 32.3 Å². The summed E-state index contributed by atoms with van der Waals surface area (Å²) in [5.74, 6) is 1.86. The van der Waals surface area contributed by atoms with Crippen molar-refractivity contribution in [3.63, 3.8) is 0 Å². The molecule has 1 aliphatic rings. The van der Waals surface area contributed by atoms with Crippen LogP contribution in [0.4, 0.5) is 0 Å². The van der Waals surface area contributed by atoms with Crippen LogP contribution in [0, 0.1) is 0 Å². The second-order valence-electron chi connectivity index (χ2n) is 6.29. The van der Waals surface area contributed by atoms with E-state index < -0.39 is 9.84 Å². The summed E-state index contributed by atoms with van der Waals surface area (Å²) >= 11 is 0. The van der Waals surface area contributed by atoms with E-state index in [9.17, 15) is 8.42 Å². The molecule has 23 heavy (non-hydrogen) atoms. The normalized spacial score (nSPS) is 16.3. The summed E-state index contributed by atoms with van der Waals surface area (Å²) in [6, 6.07) is 8.15. The van der Waals surface area contributed by atoms with Crippen LogP contribution in [0.15, 0.2) is 24.3 Å².